The van der Waals surface area contributed by atoms with Gasteiger partial charge < -0.3 is 0 Å². The molecule has 3 nitrogen and oxygen atoms in total. The van der Waals surface area contributed by atoms with Gasteiger partial charge in [0.2, 0.25) is 0 Å². The van der Waals surface area contributed by atoms with Crippen molar-refractivity contribution in [2.45, 2.75) is 0 Å². The van der Waals surface area contributed by atoms with E-state index in [1.165, 1.54) is 6.34 Å². The first kappa shape index (κ1) is 5.85. The second kappa shape index (κ2) is 2.38. The lowest BCUT2D eigenvalue weighted by Crippen LogP contribution is -1.91. The van der Waals surface area contributed by atoms with E-state index < -0.39 is 0 Å². The lowest BCUT2D eigenvalue weighted by molar-refractivity contribution is 1.26. The van der Waals surface area contributed by atoms with Crippen LogP contribution in [-0.4, -0.2) is 23.3 Å². The quantitative estimate of drug-likeness (QED) is 0.510. The molecule has 0 bridgehead atoms. The maximum atomic E-state index is 4.08. The minimum atomic E-state index is 1.01. The van der Waals surface area contributed by atoms with Crippen molar-refractivity contribution in [1.82, 2.24) is 0 Å². The van der Waals surface area contributed by atoms with Gasteiger partial charge in [-0.25, -0.2) is 4.99 Å². The first-order chi connectivity index (χ1) is 4.97. The summed E-state index contributed by atoms with van der Waals surface area (Å²) in [6.07, 6.45) is 5.31. The van der Waals surface area contributed by atoms with Gasteiger partial charge in [0.25, 0.3) is 0 Å². The molecule has 0 fully saturated rings. The first-order valence-electron chi connectivity index (χ1n) is 2.93. The van der Waals surface area contributed by atoms with Gasteiger partial charge in [0.05, 0.1) is 6.21 Å². The molecule has 0 aromatic rings. The minimum absolute atomic E-state index is 1.01. The van der Waals surface area contributed by atoms with Crippen LogP contribution in [-0.2, 0) is 0 Å². The lowest BCUT2D eigenvalue weighted by Gasteiger charge is -1.89. The van der Waals surface area contributed by atoms with E-state index in [1.807, 2.05) is 0 Å². The Labute approximate surface area is 62.6 Å². The van der Waals surface area contributed by atoms with E-state index in [0.29, 0.717) is 0 Å². The van der Waals surface area contributed by atoms with Crippen LogP contribution in [0.3, 0.4) is 0 Å². The van der Waals surface area contributed by atoms with Gasteiger partial charge in [-0.2, -0.15) is 5.10 Å². The maximum absolute atomic E-state index is 4.08. The summed E-state index contributed by atoms with van der Waals surface area (Å²) in [5, 5.41) is 8.45. The Morgan fingerprint density at radius 3 is 3.40 bits per heavy atom. The van der Waals surface area contributed by atoms with Crippen LogP contribution in [0.15, 0.2) is 26.8 Å². The van der Waals surface area contributed by atoms with Crippen LogP contribution >= 0.6 is 11.8 Å². The molecule has 0 unspecified atom stereocenters. The number of aliphatic imine (C=N–C) groups is 1. The molecule has 2 aliphatic rings. The molecule has 0 saturated heterocycles. The number of fused-ring (bicyclic) bond motifs is 1. The summed E-state index contributed by atoms with van der Waals surface area (Å²) >= 11 is 1.71. The van der Waals surface area contributed by atoms with Crippen molar-refractivity contribution in [3.8, 4) is 0 Å². The fourth-order valence-corrected chi connectivity index (χ4v) is 1.65. The fourth-order valence-electron chi connectivity index (χ4n) is 0.804. The molecule has 0 aromatic carbocycles. The average Bonchev–Trinajstić information content (AvgIpc) is 2.28. The molecule has 2 heterocycles. The van der Waals surface area contributed by atoms with Crippen LogP contribution in [0.25, 0.3) is 0 Å². The maximum Gasteiger partial charge on any atom is 0.139 e. The van der Waals surface area contributed by atoms with Crippen molar-refractivity contribution in [3.05, 3.63) is 11.6 Å². The van der Waals surface area contributed by atoms with E-state index in [0.717, 1.165) is 16.4 Å². The molecular formula is C6H5N3S. The lowest BCUT2D eigenvalue weighted by atomic mass is 10.3. The first-order valence-corrected chi connectivity index (χ1v) is 3.91. The minimum Gasteiger partial charge on any atom is -0.227 e. The SMILES string of the molecule is C1=NN=CC2=CCSC2=N1. The molecule has 0 aliphatic carbocycles. The summed E-state index contributed by atoms with van der Waals surface area (Å²) in [5.74, 6) is 1.01. The van der Waals surface area contributed by atoms with Gasteiger partial charge in [-0.3, -0.25) is 0 Å². The number of hydrogen-bond acceptors (Lipinski definition) is 4. The predicted molar refractivity (Wildman–Crippen MR) is 45.0 cm³/mol. The number of thioether (sulfide) groups is 1. The van der Waals surface area contributed by atoms with Crippen molar-refractivity contribution >= 4 is 29.4 Å². The highest BCUT2D eigenvalue weighted by Gasteiger charge is 2.11. The predicted octanol–water partition coefficient (Wildman–Crippen LogP) is 1.09. The van der Waals surface area contributed by atoms with Crippen molar-refractivity contribution in [2.24, 2.45) is 15.2 Å². The number of hydrogen-bond donors (Lipinski definition) is 0. The molecule has 0 aromatic heterocycles. The normalized spacial score (nSPS) is 21.6. The Morgan fingerprint density at radius 2 is 2.40 bits per heavy atom. The summed E-state index contributed by atoms with van der Waals surface area (Å²) in [5.41, 5.74) is 1.10. The third kappa shape index (κ3) is 0.903. The third-order valence-electron chi connectivity index (χ3n) is 1.26. The standard InChI is InChI=1S/C6H5N3S/c1-2-10-6-5(1)3-8-9-4-7-6/h1,3-4H,2H2. The Hall–Kier alpha value is -0.900. The van der Waals surface area contributed by atoms with Gasteiger partial charge in [-0.05, 0) is 0 Å². The van der Waals surface area contributed by atoms with Gasteiger partial charge >= 0.3 is 0 Å². The third-order valence-corrected chi connectivity index (χ3v) is 2.21. The van der Waals surface area contributed by atoms with Gasteiger partial charge in [0, 0.05) is 11.3 Å². The molecule has 0 amide bonds. The second-order valence-corrected chi connectivity index (χ2v) is 2.89. The van der Waals surface area contributed by atoms with Crippen molar-refractivity contribution in [1.29, 1.82) is 0 Å². The van der Waals surface area contributed by atoms with E-state index in [-0.39, 0.29) is 0 Å². The fraction of sp³-hybridized carbons (Fsp3) is 0.167. The molecule has 2 aliphatic heterocycles. The molecule has 0 spiro atoms. The highest BCUT2D eigenvalue weighted by Crippen LogP contribution is 2.20. The van der Waals surface area contributed by atoms with Crippen LogP contribution in [0.2, 0.25) is 0 Å². The number of nitrogens with zero attached hydrogens (tertiary/aromatic N) is 3. The van der Waals surface area contributed by atoms with Crippen LogP contribution in [0.1, 0.15) is 0 Å². The highest BCUT2D eigenvalue weighted by molar-refractivity contribution is 8.15. The molecule has 0 radical (unpaired) electrons. The Morgan fingerprint density at radius 1 is 1.40 bits per heavy atom. The smallest absolute Gasteiger partial charge is 0.139 e. The van der Waals surface area contributed by atoms with Gasteiger partial charge in [-0.15, -0.1) is 16.9 Å². The number of rotatable bonds is 0. The average molecular weight is 151 g/mol. The van der Waals surface area contributed by atoms with Crippen LogP contribution in [0.4, 0.5) is 0 Å². The largest absolute Gasteiger partial charge is 0.227 e. The monoisotopic (exact) mass is 151 g/mol. The van der Waals surface area contributed by atoms with E-state index >= 15 is 0 Å². The van der Waals surface area contributed by atoms with Crippen molar-refractivity contribution in [2.75, 3.05) is 5.75 Å². The summed E-state index contributed by atoms with van der Waals surface area (Å²) < 4.78 is 0. The van der Waals surface area contributed by atoms with Crippen molar-refractivity contribution < 1.29 is 0 Å². The molecule has 10 heavy (non-hydrogen) atoms. The van der Waals surface area contributed by atoms with Crippen molar-refractivity contribution in [3.63, 3.8) is 0 Å². The molecule has 50 valence electrons. The molecule has 0 N–H and O–H groups in total. The zero-order chi connectivity index (χ0) is 6.81. The molecule has 0 saturated carbocycles. The Balaban J connectivity index is 2.42. The topological polar surface area (TPSA) is 37.1 Å². The highest BCUT2D eigenvalue weighted by atomic mass is 32.2. The zero-order valence-electron chi connectivity index (χ0n) is 5.19. The molecule has 2 rings (SSSR count). The Kier molecular flexibility index (Phi) is 1.39. The summed E-state index contributed by atoms with van der Waals surface area (Å²) in [6.45, 7) is 0. The van der Waals surface area contributed by atoms with Crippen LogP contribution in [0.5, 0.6) is 0 Å². The van der Waals surface area contributed by atoms with Gasteiger partial charge in [0.1, 0.15) is 11.4 Å². The Bertz CT molecular complexity index is 262. The summed E-state index contributed by atoms with van der Waals surface area (Å²) in [6, 6.07) is 0. The summed E-state index contributed by atoms with van der Waals surface area (Å²) in [7, 11) is 0. The van der Waals surface area contributed by atoms with E-state index in [2.05, 4.69) is 21.3 Å². The molecule has 4 heteroatoms. The van der Waals surface area contributed by atoms with E-state index in [1.54, 1.807) is 18.0 Å². The molecular weight excluding hydrogens is 146 g/mol. The van der Waals surface area contributed by atoms with E-state index in [9.17, 15) is 0 Å². The zero-order valence-corrected chi connectivity index (χ0v) is 6.01. The molecule has 0 atom stereocenters. The van der Waals surface area contributed by atoms with Crippen LogP contribution in [0, 0.1) is 0 Å². The van der Waals surface area contributed by atoms with Gasteiger partial charge in [0.15, 0.2) is 0 Å². The van der Waals surface area contributed by atoms with Crippen LogP contribution < -0.4 is 0 Å². The van der Waals surface area contributed by atoms with E-state index in [4.69, 9.17) is 0 Å². The van der Waals surface area contributed by atoms with Gasteiger partial charge in [-0.1, -0.05) is 6.08 Å². The summed E-state index contributed by atoms with van der Waals surface area (Å²) in [4.78, 5) is 4.08. The second-order valence-electron chi connectivity index (χ2n) is 1.88.